The predicted molar refractivity (Wildman–Crippen MR) is 169 cm³/mol. The molecule has 9 heteroatoms. The molecule has 2 heterocycles. The molecular weight excluding hydrogens is 544 g/mol. The first kappa shape index (κ1) is 30.4. The Morgan fingerprint density at radius 3 is 2.23 bits per heavy atom. The molecule has 0 radical (unpaired) electrons. The Balaban J connectivity index is 1.03. The fraction of sp³-hybridized carbons (Fsp3) is 0.441. The van der Waals surface area contributed by atoms with E-state index in [4.69, 9.17) is 9.47 Å². The minimum Gasteiger partial charge on any atom is -0.490 e. The van der Waals surface area contributed by atoms with Gasteiger partial charge in [0.1, 0.15) is 11.9 Å². The summed E-state index contributed by atoms with van der Waals surface area (Å²) in [5.41, 5.74) is 3.64. The Morgan fingerprint density at radius 1 is 0.907 bits per heavy atom. The second-order valence-electron chi connectivity index (χ2n) is 11.8. The van der Waals surface area contributed by atoms with Crippen LogP contribution in [0.2, 0.25) is 0 Å². The lowest BCUT2D eigenvalue weighted by molar-refractivity contribution is -0.385. The molecule has 5 rings (SSSR count). The van der Waals surface area contributed by atoms with Gasteiger partial charge in [0, 0.05) is 82.9 Å². The maximum absolute atomic E-state index is 13.0. The maximum atomic E-state index is 13.0. The van der Waals surface area contributed by atoms with Crippen molar-refractivity contribution in [1.82, 2.24) is 9.80 Å². The van der Waals surface area contributed by atoms with Gasteiger partial charge in [-0.1, -0.05) is 56.3 Å². The molecule has 9 nitrogen and oxygen atoms in total. The molecule has 0 saturated carbocycles. The van der Waals surface area contributed by atoms with Gasteiger partial charge in [0.25, 0.3) is 0 Å². The molecule has 2 saturated heterocycles. The fourth-order valence-corrected chi connectivity index (χ4v) is 5.64. The standard InChI is InChI=1S/C34H42N4O5/c1-26(2)25-42-33-24-31(12-13-32(33)38(40)41)43-30-14-18-37(19-15-30)34(39)16-17-35-20-22-36(23-21-35)29-10-8-28(9-11-29)27-6-4-3-5-7-27/h3-13,24,26,30H,14-23,25H2,1-2H3. The second kappa shape index (κ2) is 14.4. The Hall–Kier alpha value is -4.11. The zero-order chi connectivity index (χ0) is 30.2. The molecule has 0 bridgehead atoms. The average Bonchev–Trinajstić information content (AvgIpc) is 3.03. The second-order valence-corrected chi connectivity index (χ2v) is 11.8. The normalized spacial score (nSPS) is 16.3. The van der Waals surface area contributed by atoms with Crippen LogP contribution in [0.4, 0.5) is 11.4 Å². The van der Waals surface area contributed by atoms with Gasteiger partial charge in [-0.3, -0.25) is 19.8 Å². The number of likely N-dealkylation sites (tertiary alicyclic amines) is 1. The molecule has 3 aromatic carbocycles. The van der Waals surface area contributed by atoms with Crippen LogP contribution in [0.3, 0.4) is 0 Å². The van der Waals surface area contributed by atoms with Crippen LogP contribution in [-0.4, -0.2) is 79.2 Å². The zero-order valence-corrected chi connectivity index (χ0v) is 25.2. The molecule has 2 aliphatic rings. The van der Waals surface area contributed by atoms with Gasteiger partial charge in [-0.2, -0.15) is 0 Å². The predicted octanol–water partition coefficient (Wildman–Crippen LogP) is 5.88. The number of piperidine rings is 1. The molecule has 2 aliphatic heterocycles. The third-order valence-corrected chi connectivity index (χ3v) is 8.15. The van der Waals surface area contributed by atoms with E-state index in [1.165, 1.54) is 22.9 Å². The summed E-state index contributed by atoms with van der Waals surface area (Å²) in [7, 11) is 0. The van der Waals surface area contributed by atoms with Gasteiger partial charge in [-0.05, 0) is 35.2 Å². The number of anilines is 1. The number of carbonyl (C=O) groups excluding carboxylic acids is 1. The number of piperazine rings is 1. The van der Waals surface area contributed by atoms with Crippen molar-refractivity contribution in [3.05, 3.63) is 82.9 Å². The van der Waals surface area contributed by atoms with Gasteiger partial charge in [0.15, 0.2) is 0 Å². The molecule has 0 spiro atoms. The van der Waals surface area contributed by atoms with Crippen molar-refractivity contribution in [3.63, 3.8) is 0 Å². The molecule has 2 fully saturated rings. The van der Waals surface area contributed by atoms with Gasteiger partial charge in [0.2, 0.25) is 11.7 Å². The van der Waals surface area contributed by atoms with Crippen molar-refractivity contribution < 1.29 is 19.2 Å². The van der Waals surface area contributed by atoms with Gasteiger partial charge >= 0.3 is 5.69 Å². The molecule has 3 aromatic rings. The monoisotopic (exact) mass is 586 g/mol. The quantitative estimate of drug-likeness (QED) is 0.205. The highest BCUT2D eigenvalue weighted by atomic mass is 16.6. The summed E-state index contributed by atoms with van der Waals surface area (Å²) in [6.45, 7) is 10.3. The van der Waals surface area contributed by atoms with E-state index in [2.05, 4.69) is 58.3 Å². The summed E-state index contributed by atoms with van der Waals surface area (Å²) in [6, 6.07) is 23.9. The van der Waals surface area contributed by atoms with Crippen LogP contribution in [0, 0.1) is 16.0 Å². The summed E-state index contributed by atoms with van der Waals surface area (Å²) in [4.78, 5) is 30.7. The van der Waals surface area contributed by atoms with Crippen LogP contribution in [-0.2, 0) is 4.79 Å². The SMILES string of the molecule is CC(C)COc1cc(OC2CCN(C(=O)CCN3CCN(c4ccc(-c5ccccc5)cc4)CC3)CC2)ccc1[N+](=O)[O-]. The number of nitro groups is 1. The summed E-state index contributed by atoms with van der Waals surface area (Å²) in [5.74, 6) is 1.22. The average molecular weight is 587 g/mol. The first-order valence-corrected chi connectivity index (χ1v) is 15.3. The molecule has 0 aliphatic carbocycles. The summed E-state index contributed by atoms with van der Waals surface area (Å²) >= 11 is 0. The minimum atomic E-state index is -0.436. The highest BCUT2D eigenvalue weighted by Crippen LogP contribution is 2.33. The van der Waals surface area contributed by atoms with E-state index in [1.807, 2.05) is 24.8 Å². The maximum Gasteiger partial charge on any atom is 0.311 e. The number of benzene rings is 3. The highest BCUT2D eigenvalue weighted by molar-refractivity contribution is 5.76. The van der Waals surface area contributed by atoms with E-state index < -0.39 is 4.92 Å². The van der Waals surface area contributed by atoms with E-state index in [0.29, 0.717) is 31.9 Å². The Labute approximate surface area is 254 Å². The largest absolute Gasteiger partial charge is 0.490 e. The molecule has 0 N–H and O–H groups in total. The highest BCUT2D eigenvalue weighted by Gasteiger charge is 2.26. The van der Waals surface area contributed by atoms with Gasteiger partial charge in [-0.15, -0.1) is 0 Å². The lowest BCUT2D eigenvalue weighted by atomic mass is 10.1. The smallest absolute Gasteiger partial charge is 0.311 e. The van der Waals surface area contributed by atoms with Crippen molar-refractivity contribution in [2.45, 2.75) is 39.2 Å². The fourth-order valence-electron chi connectivity index (χ4n) is 5.64. The third kappa shape index (κ3) is 8.26. The first-order valence-electron chi connectivity index (χ1n) is 15.3. The molecule has 0 atom stereocenters. The van der Waals surface area contributed by atoms with E-state index in [-0.39, 0.29) is 29.4 Å². The number of ether oxygens (including phenoxy) is 2. The van der Waals surface area contributed by atoms with Crippen LogP contribution in [0.1, 0.15) is 33.1 Å². The number of rotatable bonds is 11. The van der Waals surface area contributed by atoms with Gasteiger partial charge in [-0.25, -0.2) is 0 Å². The lowest BCUT2D eigenvalue weighted by Gasteiger charge is -2.37. The van der Waals surface area contributed by atoms with Crippen LogP contribution < -0.4 is 14.4 Å². The molecular formula is C34H42N4O5. The van der Waals surface area contributed by atoms with E-state index in [9.17, 15) is 14.9 Å². The molecule has 43 heavy (non-hydrogen) atoms. The van der Waals surface area contributed by atoms with Crippen LogP contribution in [0.25, 0.3) is 11.1 Å². The number of nitro benzene ring substituents is 1. The molecule has 0 aromatic heterocycles. The van der Waals surface area contributed by atoms with Gasteiger partial charge < -0.3 is 19.3 Å². The first-order chi connectivity index (χ1) is 20.9. The third-order valence-electron chi connectivity index (χ3n) is 8.15. The molecule has 1 amide bonds. The van der Waals surface area contributed by atoms with E-state index >= 15 is 0 Å². The van der Waals surface area contributed by atoms with Crippen LogP contribution >= 0.6 is 0 Å². The van der Waals surface area contributed by atoms with Crippen molar-refractivity contribution >= 4 is 17.3 Å². The Kier molecular flexibility index (Phi) is 10.1. The minimum absolute atomic E-state index is 0.0432. The Bertz CT molecular complexity index is 1350. The molecule has 0 unspecified atom stereocenters. The number of carbonyl (C=O) groups is 1. The van der Waals surface area contributed by atoms with Gasteiger partial charge in [0.05, 0.1) is 11.5 Å². The van der Waals surface area contributed by atoms with Crippen molar-refractivity contribution in [1.29, 1.82) is 0 Å². The Morgan fingerprint density at radius 2 is 1.58 bits per heavy atom. The van der Waals surface area contributed by atoms with E-state index in [1.54, 1.807) is 12.1 Å². The number of amides is 1. The van der Waals surface area contributed by atoms with Crippen molar-refractivity contribution in [2.24, 2.45) is 5.92 Å². The summed E-state index contributed by atoms with van der Waals surface area (Å²) < 4.78 is 11.8. The lowest BCUT2D eigenvalue weighted by Crippen LogP contribution is -2.48. The van der Waals surface area contributed by atoms with E-state index in [0.717, 1.165) is 45.6 Å². The summed E-state index contributed by atoms with van der Waals surface area (Å²) in [5, 5.41) is 11.4. The van der Waals surface area contributed by atoms with Crippen LogP contribution in [0.5, 0.6) is 11.5 Å². The summed E-state index contributed by atoms with van der Waals surface area (Å²) in [6.07, 6.45) is 1.94. The number of nitrogens with zero attached hydrogens (tertiary/aromatic N) is 4. The van der Waals surface area contributed by atoms with Crippen molar-refractivity contribution in [2.75, 3.05) is 57.3 Å². The van der Waals surface area contributed by atoms with Crippen molar-refractivity contribution in [3.8, 4) is 22.6 Å². The number of hydrogen-bond acceptors (Lipinski definition) is 7. The van der Waals surface area contributed by atoms with Crippen LogP contribution in [0.15, 0.2) is 72.8 Å². The topological polar surface area (TPSA) is 88.4 Å². The number of hydrogen-bond donors (Lipinski definition) is 0. The molecule has 228 valence electrons. The zero-order valence-electron chi connectivity index (χ0n) is 25.2.